The Labute approximate surface area is 193 Å². The van der Waals surface area contributed by atoms with Crippen molar-refractivity contribution in [2.45, 2.75) is 44.1 Å². The molecule has 1 aromatic rings. The zero-order valence-corrected chi connectivity index (χ0v) is 20.3. The van der Waals surface area contributed by atoms with Gasteiger partial charge in [-0.05, 0) is 50.3 Å². The number of rotatable bonds is 7. The zero-order chi connectivity index (χ0) is 19.3. The number of primary amides is 1. The number of nitrogens with zero attached hydrogens (tertiary/aromatic N) is 2. The molecule has 0 spiro atoms. The molecule has 4 N–H and O–H groups in total. The van der Waals surface area contributed by atoms with Crippen LogP contribution in [0.3, 0.4) is 0 Å². The fourth-order valence-corrected chi connectivity index (χ4v) is 4.11. The lowest BCUT2D eigenvalue weighted by molar-refractivity contribution is -0.119. The van der Waals surface area contributed by atoms with Crippen LogP contribution in [0, 0.1) is 0 Å². The van der Waals surface area contributed by atoms with Crippen molar-refractivity contribution >= 4 is 51.8 Å². The van der Waals surface area contributed by atoms with E-state index in [1.807, 2.05) is 0 Å². The van der Waals surface area contributed by atoms with Crippen LogP contribution < -0.4 is 16.4 Å². The molecule has 0 aromatic heterocycles. The topological polar surface area (TPSA) is 82.8 Å². The third kappa shape index (κ3) is 6.59. The Morgan fingerprint density at radius 2 is 2.07 bits per heavy atom. The summed E-state index contributed by atoms with van der Waals surface area (Å²) < 4.78 is 1.13. The predicted octanol–water partition coefficient (Wildman–Crippen LogP) is 2.60. The number of likely N-dealkylation sites (tertiary alicyclic amines) is 1. The number of halogens is 2. The molecule has 1 aliphatic heterocycles. The molecule has 0 unspecified atom stereocenters. The van der Waals surface area contributed by atoms with Gasteiger partial charge in [0.15, 0.2) is 5.96 Å². The average Bonchev–Trinajstić information content (AvgIpc) is 3.42. The van der Waals surface area contributed by atoms with E-state index in [9.17, 15) is 4.79 Å². The normalized spacial score (nSPS) is 19.6. The summed E-state index contributed by atoms with van der Waals surface area (Å²) in [5.74, 6) is 0.644. The van der Waals surface area contributed by atoms with Gasteiger partial charge < -0.3 is 16.4 Å². The van der Waals surface area contributed by atoms with Crippen molar-refractivity contribution in [1.29, 1.82) is 0 Å². The first kappa shape index (κ1) is 23.4. The molecule has 1 aromatic carbocycles. The first-order valence-electron chi connectivity index (χ1n) is 9.82. The lowest BCUT2D eigenvalue weighted by Crippen LogP contribution is -2.50. The Hall–Kier alpha value is -0.870. The first-order chi connectivity index (χ1) is 13.0. The van der Waals surface area contributed by atoms with E-state index in [0.29, 0.717) is 12.6 Å². The van der Waals surface area contributed by atoms with Crippen molar-refractivity contribution in [2.75, 3.05) is 32.7 Å². The van der Waals surface area contributed by atoms with Gasteiger partial charge in [-0.15, -0.1) is 24.0 Å². The van der Waals surface area contributed by atoms with E-state index in [0.717, 1.165) is 49.5 Å². The lowest BCUT2D eigenvalue weighted by Gasteiger charge is -2.32. The van der Waals surface area contributed by atoms with Crippen molar-refractivity contribution in [2.24, 2.45) is 10.7 Å². The number of amides is 1. The largest absolute Gasteiger partial charge is 0.369 e. The van der Waals surface area contributed by atoms with Crippen molar-refractivity contribution in [1.82, 2.24) is 15.5 Å². The summed E-state index contributed by atoms with van der Waals surface area (Å²) in [5, 5.41) is 6.96. The molecule has 1 saturated carbocycles. The van der Waals surface area contributed by atoms with Gasteiger partial charge in [0.05, 0.1) is 13.1 Å². The molecule has 0 atom stereocenters. The van der Waals surface area contributed by atoms with E-state index in [1.165, 1.54) is 18.4 Å². The highest BCUT2D eigenvalue weighted by molar-refractivity contribution is 14.0. The van der Waals surface area contributed by atoms with E-state index in [4.69, 9.17) is 10.7 Å². The monoisotopic (exact) mass is 563 g/mol. The third-order valence-corrected chi connectivity index (χ3v) is 5.98. The van der Waals surface area contributed by atoms with Crippen LogP contribution in [-0.4, -0.2) is 55.5 Å². The lowest BCUT2D eigenvalue weighted by atomic mass is 9.96. The second-order valence-electron chi connectivity index (χ2n) is 7.65. The molecule has 156 valence electrons. The summed E-state index contributed by atoms with van der Waals surface area (Å²) in [5.41, 5.74) is 6.86. The molecule has 6 nitrogen and oxygen atoms in total. The van der Waals surface area contributed by atoms with Crippen molar-refractivity contribution < 1.29 is 4.79 Å². The summed E-state index contributed by atoms with van der Waals surface area (Å²) in [6, 6.07) is 8.98. The number of nitrogens with two attached hydrogens (primary N) is 1. The van der Waals surface area contributed by atoms with Crippen LogP contribution in [0.15, 0.2) is 33.7 Å². The van der Waals surface area contributed by atoms with Crippen LogP contribution in [0.1, 0.15) is 38.2 Å². The van der Waals surface area contributed by atoms with Gasteiger partial charge in [-0.25, -0.2) is 0 Å². The summed E-state index contributed by atoms with van der Waals surface area (Å²) in [6.45, 7) is 5.88. The molecule has 28 heavy (non-hydrogen) atoms. The maximum Gasteiger partial charge on any atom is 0.231 e. The van der Waals surface area contributed by atoms with Crippen molar-refractivity contribution in [3.8, 4) is 0 Å². The summed E-state index contributed by atoms with van der Waals surface area (Å²) in [4.78, 5) is 18.1. The average molecular weight is 564 g/mol. The van der Waals surface area contributed by atoms with Gasteiger partial charge in [-0.2, -0.15) is 0 Å². The Kier molecular flexibility index (Phi) is 9.01. The number of carbonyl (C=O) groups excluding carboxylic acids is 1. The van der Waals surface area contributed by atoms with Gasteiger partial charge in [-0.1, -0.05) is 28.1 Å². The Bertz CT molecular complexity index is 687. The molecular weight excluding hydrogens is 533 g/mol. The second kappa shape index (κ2) is 10.8. The summed E-state index contributed by atoms with van der Waals surface area (Å²) >= 11 is 3.58. The van der Waals surface area contributed by atoms with Crippen LogP contribution in [0.2, 0.25) is 0 Å². The van der Waals surface area contributed by atoms with Gasteiger partial charge >= 0.3 is 0 Å². The van der Waals surface area contributed by atoms with Gasteiger partial charge in [0.25, 0.3) is 0 Å². The minimum absolute atomic E-state index is 0. The van der Waals surface area contributed by atoms with Crippen LogP contribution in [-0.2, 0) is 10.2 Å². The molecule has 0 radical (unpaired) electrons. The van der Waals surface area contributed by atoms with Crippen molar-refractivity contribution in [3.63, 3.8) is 0 Å². The number of nitrogens with one attached hydrogen (secondary N) is 2. The molecule has 2 fully saturated rings. The summed E-state index contributed by atoms with van der Waals surface area (Å²) in [6.07, 6.45) is 4.37. The molecule has 1 heterocycles. The van der Waals surface area contributed by atoms with E-state index in [1.54, 1.807) is 0 Å². The summed E-state index contributed by atoms with van der Waals surface area (Å²) in [7, 11) is 0. The molecule has 1 aliphatic carbocycles. The number of carbonyl (C=O) groups is 1. The van der Waals surface area contributed by atoms with E-state index < -0.39 is 0 Å². The second-order valence-corrected chi connectivity index (χ2v) is 8.56. The van der Waals surface area contributed by atoms with Crippen molar-refractivity contribution in [3.05, 3.63) is 34.3 Å². The third-order valence-electron chi connectivity index (χ3n) is 5.48. The highest BCUT2D eigenvalue weighted by Gasteiger charge is 2.44. The van der Waals surface area contributed by atoms with Crippen LogP contribution in [0.5, 0.6) is 0 Å². The SMILES string of the molecule is CCNC(=NCC1(c2cccc(Br)c2)CC1)NC1CCN(CC(N)=O)CC1.I. The van der Waals surface area contributed by atoms with Crippen LogP contribution in [0.4, 0.5) is 0 Å². The molecule has 8 heteroatoms. The van der Waals surface area contributed by atoms with E-state index in [2.05, 4.69) is 62.7 Å². The molecule has 3 rings (SSSR count). The molecule has 2 aliphatic rings. The number of piperidine rings is 1. The van der Waals surface area contributed by atoms with E-state index in [-0.39, 0.29) is 35.3 Å². The Morgan fingerprint density at radius 3 is 2.64 bits per heavy atom. The van der Waals surface area contributed by atoms with Gasteiger partial charge in [-0.3, -0.25) is 14.7 Å². The van der Waals surface area contributed by atoms with Crippen LogP contribution >= 0.6 is 39.9 Å². The Balaban J connectivity index is 0.00000280. The smallest absolute Gasteiger partial charge is 0.231 e. The molecule has 1 saturated heterocycles. The minimum atomic E-state index is -0.251. The standard InChI is InChI=1S/C20H30BrN5O.HI/c1-2-23-19(25-17-6-10-26(11-7-17)13-18(22)27)24-14-20(8-9-20)15-4-3-5-16(21)12-15;/h3-5,12,17H,2,6-11,13-14H2,1H3,(H2,22,27)(H2,23,24,25);1H. The maximum absolute atomic E-state index is 11.1. The number of aliphatic imine (C=N–C) groups is 1. The molecular formula is C20H31BrIN5O. The minimum Gasteiger partial charge on any atom is -0.369 e. The highest BCUT2D eigenvalue weighted by atomic mass is 127. The fraction of sp³-hybridized carbons (Fsp3) is 0.600. The van der Waals surface area contributed by atoms with Gasteiger partial charge in [0, 0.05) is 35.6 Å². The number of guanidine groups is 1. The first-order valence-corrected chi connectivity index (χ1v) is 10.6. The highest BCUT2D eigenvalue weighted by Crippen LogP contribution is 2.48. The van der Waals surface area contributed by atoms with Crippen LogP contribution in [0.25, 0.3) is 0 Å². The van der Waals surface area contributed by atoms with Gasteiger partial charge in [0.2, 0.25) is 5.91 Å². The number of hydrogen-bond acceptors (Lipinski definition) is 3. The molecule has 1 amide bonds. The molecule has 0 bridgehead atoms. The number of benzene rings is 1. The number of hydrogen-bond donors (Lipinski definition) is 3. The quantitative estimate of drug-likeness (QED) is 0.270. The Morgan fingerprint density at radius 1 is 1.36 bits per heavy atom. The zero-order valence-electron chi connectivity index (χ0n) is 16.4. The predicted molar refractivity (Wildman–Crippen MR) is 128 cm³/mol. The fourth-order valence-electron chi connectivity index (χ4n) is 3.71. The van der Waals surface area contributed by atoms with Gasteiger partial charge in [0.1, 0.15) is 0 Å². The maximum atomic E-state index is 11.1. The van der Waals surface area contributed by atoms with E-state index >= 15 is 0 Å².